The first-order chi connectivity index (χ1) is 15.1. The summed E-state index contributed by atoms with van der Waals surface area (Å²) in [6.07, 6.45) is 1.53. The van der Waals surface area contributed by atoms with E-state index in [-0.39, 0.29) is 11.5 Å². The van der Waals surface area contributed by atoms with Crippen molar-refractivity contribution in [3.05, 3.63) is 119 Å². The first-order valence-corrected chi connectivity index (χ1v) is 10.1. The van der Waals surface area contributed by atoms with Gasteiger partial charge in [0.15, 0.2) is 0 Å². The number of Topliss-reactive ketones (excluding diaryl/α,β-unsaturated/α-hetero) is 1. The van der Waals surface area contributed by atoms with E-state index < -0.39 is 0 Å². The molecular weight excluding hydrogens is 408 g/mol. The molecule has 0 N–H and O–H groups in total. The quantitative estimate of drug-likeness (QED) is 0.231. The third-order valence-electron chi connectivity index (χ3n) is 4.69. The van der Waals surface area contributed by atoms with Crippen LogP contribution < -0.4 is 0 Å². The Morgan fingerprint density at radius 1 is 0.871 bits per heavy atom. The topological polar surface area (TPSA) is 59.6 Å². The van der Waals surface area contributed by atoms with Gasteiger partial charge in [0, 0.05) is 11.1 Å². The van der Waals surface area contributed by atoms with Gasteiger partial charge in [-0.3, -0.25) is 4.79 Å². The number of ketones is 1. The summed E-state index contributed by atoms with van der Waals surface area (Å²) in [4.78, 5) is 13.1. The average molecular weight is 427 g/mol. The molecule has 0 fully saturated rings. The summed E-state index contributed by atoms with van der Waals surface area (Å²) < 4.78 is 1.65. The van der Waals surface area contributed by atoms with E-state index in [4.69, 9.17) is 11.6 Å². The highest BCUT2D eigenvalue weighted by Gasteiger charge is 2.17. The van der Waals surface area contributed by atoms with Crippen molar-refractivity contribution in [2.45, 2.75) is 6.92 Å². The molecule has 152 valence electrons. The van der Waals surface area contributed by atoms with Gasteiger partial charge in [-0.25, -0.2) is 4.68 Å². The largest absolute Gasteiger partial charge is 0.287 e. The summed E-state index contributed by atoms with van der Waals surface area (Å²) >= 11 is 6.55. The summed E-state index contributed by atoms with van der Waals surface area (Å²) in [5.41, 5.74) is 3.70. The summed E-state index contributed by atoms with van der Waals surface area (Å²) in [5, 5.41) is 13.4. The van der Waals surface area contributed by atoms with E-state index in [0.29, 0.717) is 27.5 Å². The van der Waals surface area contributed by atoms with Gasteiger partial charge in [-0.1, -0.05) is 90.5 Å². The van der Waals surface area contributed by atoms with Crippen molar-refractivity contribution in [3.8, 4) is 5.69 Å². The number of nitrogens with zero attached hydrogens (tertiary/aromatic N) is 4. The maximum absolute atomic E-state index is 13.1. The maximum Gasteiger partial charge on any atom is 0.213 e. The summed E-state index contributed by atoms with van der Waals surface area (Å²) in [6.45, 7) is 1.85. The van der Waals surface area contributed by atoms with Crippen LogP contribution in [0.4, 0.5) is 0 Å². The van der Waals surface area contributed by atoms with Crippen molar-refractivity contribution in [2.75, 3.05) is 0 Å². The summed E-state index contributed by atoms with van der Waals surface area (Å²) in [7, 11) is 0. The molecule has 0 radical (unpaired) electrons. The number of rotatable bonds is 6. The molecule has 0 bridgehead atoms. The van der Waals surface area contributed by atoms with E-state index in [2.05, 4.69) is 15.3 Å². The Morgan fingerprint density at radius 3 is 2.03 bits per heavy atom. The first-order valence-electron chi connectivity index (χ1n) is 9.72. The monoisotopic (exact) mass is 426 g/mol. The minimum atomic E-state index is -0.202. The van der Waals surface area contributed by atoms with Gasteiger partial charge >= 0.3 is 0 Å². The van der Waals surface area contributed by atoms with E-state index in [0.717, 1.165) is 5.69 Å². The molecule has 0 aliphatic heterocycles. The van der Waals surface area contributed by atoms with Crippen LogP contribution >= 0.6 is 11.6 Å². The van der Waals surface area contributed by atoms with Crippen LogP contribution in [-0.2, 0) is 0 Å². The Labute approximate surface area is 185 Å². The van der Waals surface area contributed by atoms with Gasteiger partial charge in [-0.05, 0) is 19.1 Å². The lowest BCUT2D eigenvalue weighted by molar-refractivity contribution is 0.106. The highest BCUT2D eigenvalue weighted by atomic mass is 35.5. The van der Waals surface area contributed by atoms with Gasteiger partial charge in [0.1, 0.15) is 10.9 Å². The van der Waals surface area contributed by atoms with Crippen molar-refractivity contribution < 1.29 is 4.79 Å². The molecule has 0 spiro atoms. The fraction of sp³-hybridized carbons (Fsp3) is 0.0400. The van der Waals surface area contributed by atoms with Crippen molar-refractivity contribution in [1.82, 2.24) is 9.78 Å². The number of aryl methyl sites for hydroxylation is 1. The fourth-order valence-electron chi connectivity index (χ4n) is 3.10. The van der Waals surface area contributed by atoms with Crippen LogP contribution in [0.25, 0.3) is 5.69 Å². The van der Waals surface area contributed by atoms with Gasteiger partial charge in [0.2, 0.25) is 5.78 Å². The molecule has 31 heavy (non-hydrogen) atoms. The summed E-state index contributed by atoms with van der Waals surface area (Å²) in [6, 6.07) is 27.9. The minimum absolute atomic E-state index is 0.202. The highest BCUT2D eigenvalue weighted by molar-refractivity contribution is 6.51. The predicted octanol–water partition coefficient (Wildman–Crippen LogP) is 5.54. The lowest BCUT2D eigenvalue weighted by Crippen LogP contribution is -2.15. The second-order valence-corrected chi connectivity index (χ2v) is 7.15. The van der Waals surface area contributed by atoms with Crippen molar-refractivity contribution >= 4 is 29.3 Å². The Balaban J connectivity index is 1.70. The van der Waals surface area contributed by atoms with Crippen LogP contribution in [0.2, 0.25) is 5.15 Å². The second kappa shape index (κ2) is 9.32. The second-order valence-electron chi connectivity index (χ2n) is 6.79. The van der Waals surface area contributed by atoms with Crippen molar-refractivity contribution in [3.63, 3.8) is 0 Å². The predicted molar refractivity (Wildman–Crippen MR) is 125 cm³/mol. The number of para-hydroxylation sites is 1. The molecule has 5 nitrogen and oxygen atoms in total. The SMILES string of the molecule is Cc1nn(-c2ccccc2)c(Cl)c1/C=N/N=C(/C(=O)c1ccccc1)c1ccccc1. The van der Waals surface area contributed by atoms with E-state index >= 15 is 0 Å². The number of carbonyl (C=O) groups excluding carboxylic acids is 1. The maximum atomic E-state index is 13.1. The summed E-state index contributed by atoms with van der Waals surface area (Å²) in [5.74, 6) is -0.202. The van der Waals surface area contributed by atoms with Gasteiger partial charge < -0.3 is 0 Å². The number of hydrogen-bond donors (Lipinski definition) is 0. The number of hydrogen-bond acceptors (Lipinski definition) is 4. The standard InChI is InChI=1S/C25H19ClN4O/c1-18-22(25(26)30(29-18)21-15-9-4-10-16-21)17-27-28-23(19-11-5-2-6-12-19)24(31)20-13-7-3-8-14-20/h2-17H,1H3/b27-17+,28-23+. The normalized spacial score (nSPS) is 11.7. The van der Waals surface area contributed by atoms with Crippen LogP contribution in [0.5, 0.6) is 0 Å². The van der Waals surface area contributed by atoms with E-state index in [9.17, 15) is 4.79 Å². The number of benzene rings is 3. The average Bonchev–Trinajstić information content (AvgIpc) is 3.11. The Bertz CT molecular complexity index is 1250. The van der Waals surface area contributed by atoms with Crippen LogP contribution in [0, 0.1) is 6.92 Å². The minimum Gasteiger partial charge on any atom is -0.287 e. The first kappa shape index (κ1) is 20.4. The fourth-order valence-corrected chi connectivity index (χ4v) is 3.42. The molecule has 1 aromatic heterocycles. The van der Waals surface area contributed by atoms with E-state index in [1.807, 2.05) is 85.8 Å². The highest BCUT2D eigenvalue weighted by Crippen LogP contribution is 2.22. The Morgan fingerprint density at radius 2 is 1.42 bits per heavy atom. The van der Waals surface area contributed by atoms with Gasteiger partial charge in [-0.2, -0.15) is 10.2 Å². The third-order valence-corrected chi connectivity index (χ3v) is 5.06. The van der Waals surface area contributed by atoms with Crippen LogP contribution in [-0.4, -0.2) is 27.5 Å². The van der Waals surface area contributed by atoms with Crippen LogP contribution in [0.1, 0.15) is 27.2 Å². The van der Waals surface area contributed by atoms with E-state index in [1.54, 1.807) is 16.8 Å². The zero-order valence-corrected chi connectivity index (χ0v) is 17.6. The molecule has 0 saturated carbocycles. The van der Waals surface area contributed by atoms with Gasteiger partial charge in [-0.15, -0.1) is 5.10 Å². The Hall–Kier alpha value is -3.83. The van der Waals surface area contributed by atoms with Crippen LogP contribution in [0.15, 0.2) is 101 Å². The van der Waals surface area contributed by atoms with Crippen LogP contribution in [0.3, 0.4) is 0 Å². The Kier molecular flexibility index (Phi) is 6.15. The molecule has 3 aromatic carbocycles. The number of halogens is 1. The molecule has 0 aliphatic rings. The zero-order chi connectivity index (χ0) is 21.6. The molecule has 4 rings (SSSR count). The zero-order valence-electron chi connectivity index (χ0n) is 16.8. The lowest BCUT2D eigenvalue weighted by atomic mass is 10.0. The molecule has 0 saturated heterocycles. The lowest BCUT2D eigenvalue weighted by Gasteiger charge is -2.04. The van der Waals surface area contributed by atoms with E-state index in [1.165, 1.54) is 6.21 Å². The smallest absolute Gasteiger partial charge is 0.213 e. The third kappa shape index (κ3) is 4.52. The molecule has 6 heteroatoms. The number of carbonyl (C=O) groups is 1. The van der Waals surface area contributed by atoms with Gasteiger partial charge in [0.05, 0.1) is 23.2 Å². The number of aromatic nitrogens is 2. The van der Waals surface area contributed by atoms with Crippen molar-refractivity contribution in [2.24, 2.45) is 10.2 Å². The molecule has 0 aliphatic carbocycles. The molecule has 0 atom stereocenters. The molecule has 0 unspecified atom stereocenters. The van der Waals surface area contributed by atoms with Gasteiger partial charge in [0.25, 0.3) is 0 Å². The molecule has 4 aromatic rings. The van der Waals surface area contributed by atoms with Crippen molar-refractivity contribution in [1.29, 1.82) is 0 Å². The molecular formula is C25H19ClN4O. The molecule has 0 amide bonds. The molecule has 1 heterocycles.